The minimum atomic E-state index is 0.639. The summed E-state index contributed by atoms with van der Waals surface area (Å²) in [5.41, 5.74) is 6.19. The molecule has 0 bridgehead atoms. The SMILES string of the molecule is CC(C)c1cccc2c1CCN(CCCc1ccccc1)C2. The largest absolute Gasteiger partial charge is 0.299 e. The maximum atomic E-state index is 2.62. The van der Waals surface area contributed by atoms with Gasteiger partial charge in [0.25, 0.3) is 0 Å². The Morgan fingerprint density at radius 2 is 1.82 bits per heavy atom. The summed E-state index contributed by atoms with van der Waals surface area (Å²) in [6.45, 7) is 8.17. The van der Waals surface area contributed by atoms with Gasteiger partial charge in [-0.15, -0.1) is 0 Å². The Kier molecular flexibility index (Phi) is 4.94. The number of nitrogens with zero attached hydrogens (tertiary/aromatic N) is 1. The average Bonchev–Trinajstić information content (AvgIpc) is 2.55. The molecule has 0 fully saturated rings. The molecule has 2 aromatic rings. The van der Waals surface area contributed by atoms with Crippen molar-refractivity contribution in [2.45, 2.75) is 45.6 Å². The summed E-state index contributed by atoms with van der Waals surface area (Å²) in [5, 5.41) is 0. The van der Waals surface area contributed by atoms with E-state index in [0.717, 1.165) is 6.54 Å². The highest BCUT2D eigenvalue weighted by atomic mass is 15.1. The third kappa shape index (κ3) is 3.59. The molecular formula is C21H27N. The number of rotatable bonds is 5. The fourth-order valence-electron chi connectivity index (χ4n) is 3.58. The van der Waals surface area contributed by atoms with E-state index in [4.69, 9.17) is 0 Å². The molecule has 1 nitrogen and oxygen atoms in total. The lowest BCUT2D eigenvalue weighted by Gasteiger charge is -2.30. The zero-order chi connectivity index (χ0) is 15.4. The Bertz CT molecular complexity index is 601. The van der Waals surface area contributed by atoms with Crippen LogP contribution in [-0.2, 0) is 19.4 Å². The maximum absolute atomic E-state index is 2.62. The van der Waals surface area contributed by atoms with Gasteiger partial charge in [0.05, 0.1) is 0 Å². The number of hydrogen-bond acceptors (Lipinski definition) is 1. The number of fused-ring (bicyclic) bond motifs is 1. The molecule has 0 atom stereocenters. The van der Waals surface area contributed by atoms with E-state index in [2.05, 4.69) is 67.3 Å². The molecule has 0 amide bonds. The topological polar surface area (TPSA) is 3.24 Å². The molecule has 0 radical (unpaired) electrons. The third-order valence-electron chi connectivity index (χ3n) is 4.79. The molecular weight excluding hydrogens is 266 g/mol. The van der Waals surface area contributed by atoms with Crippen molar-refractivity contribution in [3.05, 3.63) is 70.8 Å². The molecule has 0 spiro atoms. The lowest BCUT2D eigenvalue weighted by molar-refractivity contribution is 0.250. The van der Waals surface area contributed by atoms with Crippen molar-refractivity contribution in [1.29, 1.82) is 0 Å². The van der Waals surface area contributed by atoms with Gasteiger partial charge in [0.15, 0.2) is 0 Å². The summed E-state index contributed by atoms with van der Waals surface area (Å²) in [6, 6.07) is 17.7. The maximum Gasteiger partial charge on any atom is 0.0236 e. The van der Waals surface area contributed by atoms with E-state index in [1.54, 1.807) is 16.7 Å². The molecule has 1 heterocycles. The number of hydrogen-bond donors (Lipinski definition) is 0. The quantitative estimate of drug-likeness (QED) is 0.765. The van der Waals surface area contributed by atoms with Gasteiger partial charge >= 0.3 is 0 Å². The van der Waals surface area contributed by atoms with Gasteiger partial charge in [-0.2, -0.15) is 0 Å². The standard InChI is InChI=1S/C21H27N/c1-17(2)20-12-6-11-19-16-22(15-13-21(19)20)14-7-10-18-8-4-3-5-9-18/h3-6,8-9,11-12,17H,7,10,13-16H2,1-2H3. The molecule has 2 aromatic carbocycles. The van der Waals surface area contributed by atoms with Crippen LogP contribution in [0.4, 0.5) is 0 Å². The van der Waals surface area contributed by atoms with Crippen LogP contribution in [0.25, 0.3) is 0 Å². The molecule has 0 N–H and O–H groups in total. The van der Waals surface area contributed by atoms with Crippen LogP contribution in [0.1, 0.15) is 48.4 Å². The molecule has 22 heavy (non-hydrogen) atoms. The molecule has 116 valence electrons. The lowest BCUT2D eigenvalue weighted by atomic mass is 9.89. The van der Waals surface area contributed by atoms with Crippen LogP contribution in [-0.4, -0.2) is 18.0 Å². The summed E-state index contributed by atoms with van der Waals surface area (Å²) in [6.07, 6.45) is 3.66. The highest BCUT2D eigenvalue weighted by molar-refractivity contribution is 5.38. The molecule has 0 unspecified atom stereocenters. The smallest absolute Gasteiger partial charge is 0.0236 e. The van der Waals surface area contributed by atoms with Crippen LogP contribution >= 0.6 is 0 Å². The van der Waals surface area contributed by atoms with Crippen molar-refractivity contribution in [3.63, 3.8) is 0 Å². The van der Waals surface area contributed by atoms with Crippen LogP contribution in [0.15, 0.2) is 48.5 Å². The second-order valence-corrected chi connectivity index (χ2v) is 6.75. The zero-order valence-corrected chi connectivity index (χ0v) is 13.9. The van der Waals surface area contributed by atoms with Gasteiger partial charge in [-0.1, -0.05) is 62.4 Å². The van der Waals surface area contributed by atoms with Gasteiger partial charge in [-0.25, -0.2) is 0 Å². The van der Waals surface area contributed by atoms with E-state index >= 15 is 0 Å². The molecule has 0 saturated heterocycles. The monoisotopic (exact) mass is 293 g/mol. The van der Waals surface area contributed by atoms with E-state index in [9.17, 15) is 0 Å². The van der Waals surface area contributed by atoms with E-state index in [-0.39, 0.29) is 0 Å². The van der Waals surface area contributed by atoms with Crippen molar-refractivity contribution >= 4 is 0 Å². The first-order valence-electron chi connectivity index (χ1n) is 8.61. The summed E-state index contributed by atoms with van der Waals surface area (Å²) < 4.78 is 0. The minimum Gasteiger partial charge on any atom is -0.299 e. The van der Waals surface area contributed by atoms with Crippen LogP contribution in [0.5, 0.6) is 0 Å². The predicted molar refractivity (Wildman–Crippen MR) is 94.3 cm³/mol. The van der Waals surface area contributed by atoms with Crippen LogP contribution in [0.3, 0.4) is 0 Å². The second-order valence-electron chi connectivity index (χ2n) is 6.75. The number of benzene rings is 2. The van der Waals surface area contributed by atoms with Gasteiger partial charge < -0.3 is 0 Å². The van der Waals surface area contributed by atoms with E-state index in [0.29, 0.717) is 5.92 Å². The van der Waals surface area contributed by atoms with Gasteiger partial charge in [-0.3, -0.25) is 4.90 Å². The first-order valence-corrected chi connectivity index (χ1v) is 8.61. The molecule has 1 aliphatic heterocycles. The Labute approximate surface area is 135 Å². The van der Waals surface area contributed by atoms with Crippen LogP contribution in [0, 0.1) is 0 Å². The summed E-state index contributed by atoms with van der Waals surface area (Å²) in [4.78, 5) is 2.62. The van der Waals surface area contributed by atoms with E-state index < -0.39 is 0 Å². The highest BCUT2D eigenvalue weighted by Crippen LogP contribution is 2.27. The average molecular weight is 293 g/mol. The Hall–Kier alpha value is -1.60. The van der Waals surface area contributed by atoms with Crippen molar-refractivity contribution in [2.75, 3.05) is 13.1 Å². The molecule has 3 rings (SSSR count). The van der Waals surface area contributed by atoms with Crippen LogP contribution in [0.2, 0.25) is 0 Å². The van der Waals surface area contributed by atoms with Crippen molar-refractivity contribution in [3.8, 4) is 0 Å². The molecule has 1 aliphatic rings. The fraction of sp³-hybridized carbons (Fsp3) is 0.429. The molecule has 1 heteroatoms. The summed E-state index contributed by atoms with van der Waals surface area (Å²) in [7, 11) is 0. The van der Waals surface area contributed by atoms with Crippen LogP contribution < -0.4 is 0 Å². The van der Waals surface area contributed by atoms with Crippen molar-refractivity contribution in [2.24, 2.45) is 0 Å². The van der Waals surface area contributed by atoms with Gasteiger partial charge in [0.2, 0.25) is 0 Å². The zero-order valence-electron chi connectivity index (χ0n) is 13.9. The summed E-state index contributed by atoms with van der Waals surface area (Å²) in [5.74, 6) is 0.639. The second kappa shape index (κ2) is 7.11. The first kappa shape index (κ1) is 15.3. The molecule has 0 aliphatic carbocycles. The molecule has 0 aromatic heterocycles. The lowest BCUT2D eigenvalue weighted by Crippen LogP contribution is -2.32. The van der Waals surface area contributed by atoms with Gasteiger partial charge in [0, 0.05) is 13.1 Å². The van der Waals surface area contributed by atoms with E-state index in [1.165, 1.54) is 37.9 Å². The predicted octanol–water partition coefficient (Wildman–Crippen LogP) is 4.80. The molecule has 0 saturated carbocycles. The third-order valence-corrected chi connectivity index (χ3v) is 4.79. The summed E-state index contributed by atoms with van der Waals surface area (Å²) >= 11 is 0. The first-order chi connectivity index (χ1) is 10.7. The van der Waals surface area contributed by atoms with Crippen molar-refractivity contribution < 1.29 is 0 Å². The van der Waals surface area contributed by atoms with Gasteiger partial charge in [-0.05, 0) is 54.0 Å². The van der Waals surface area contributed by atoms with E-state index in [1.807, 2.05) is 0 Å². The minimum absolute atomic E-state index is 0.639. The Morgan fingerprint density at radius 3 is 2.59 bits per heavy atom. The fourth-order valence-corrected chi connectivity index (χ4v) is 3.58. The Balaban J connectivity index is 1.57. The highest BCUT2D eigenvalue weighted by Gasteiger charge is 2.19. The normalized spacial score (nSPS) is 15.0. The Morgan fingerprint density at radius 1 is 1.00 bits per heavy atom. The number of aryl methyl sites for hydroxylation is 1. The van der Waals surface area contributed by atoms with Crippen molar-refractivity contribution in [1.82, 2.24) is 4.90 Å². The van der Waals surface area contributed by atoms with Gasteiger partial charge in [0.1, 0.15) is 0 Å².